The summed E-state index contributed by atoms with van der Waals surface area (Å²) >= 11 is 3.31. The number of hydrogen-bond acceptors (Lipinski definition) is 3. The van der Waals surface area contributed by atoms with Gasteiger partial charge in [0.2, 0.25) is 0 Å². The molecule has 5 heteroatoms. The Kier molecular flexibility index (Phi) is 5.33. The molecule has 1 heterocycles. The highest BCUT2D eigenvalue weighted by Gasteiger charge is 2.30. The van der Waals surface area contributed by atoms with E-state index in [-0.39, 0.29) is 23.0 Å². The Hall–Kier alpha value is -0.680. The maximum Gasteiger partial charge on any atom is 0.265 e. The van der Waals surface area contributed by atoms with Crippen molar-refractivity contribution in [1.29, 1.82) is 0 Å². The van der Waals surface area contributed by atoms with Gasteiger partial charge in [-0.2, -0.15) is 0 Å². The minimum absolute atomic E-state index is 0.131. The second kappa shape index (κ2) is 6.18. The van der Waals surface area contributed by atoms with Gasteiger partial charge in [0, 0.05) is 6.61 Å². The molecule has 0 saturated heterocycles. The number of ether oxygens (including phenoxy) is 1. The lowest BCUT2D eigenvalue weighted by Gasteiger charge is -2.29. The molecule has 0 fully saturated rings. The van der Waals surface area contributed by atoms with E-state index in [1.54, 1.807) is 0 Å². The van der Waals surface area contributed by atoms with E-state index in [4.69, 9.17) is 4.74 Å². The van der Waals surface area contributed by atoms with Crippen LogP contribution in [0.1, 0.15) is 65.1 Å². The molecule has 0 bridgehead atoms. The van der Waals surface area contributed by atoms with E-state index in [2.05, 4.69) is 46.7 Å². The molecule has 0 aliphatic heterocycles. The maximum atomic E-state index is 12.0. The number of nitrogens with zero attached hydrogens (tertiary/aromatic N) is 1. The minimum Gasteiger partial charge on any atom is -0.370 e. The van der Waals surface area contributed by atoms with Crippen LogP contribution in [0.3, 0.4) is 0 Å². The Morgan fingerprint density at radius 2 is 1.95 bits per heavy atom. The highest BCUT2D eigenvalue weighted by molar-refractivity contribution is 9.10. The van der Waals surface area contributed by atoms with Crippen molar-refractivity contribution in [2.24, 2.45) is 5.41 Å². The van der Waals surface area contributed by atoms with Crippen LogP contribution in [0.2, 0.25) is 0 Å². The van der Waals surface area contributed by atoms with Crippen molar-refractivity contribution in [2.75, 3.05) is 6.61 Å². The van der Waals surface area contributed by atoms with Crippen molar-refractivity contribution in [3.63, 3.8) is 0 Å². The highest BCUT2D eigenvalue weighted by Crippen LogP contribution is 2.34. The van der Waals surface area contributed by atoms with Gasteiger partial charge in [-0.15, -0.1) is 0 Å². The number of aromatic nitrogens is 2. The van der Waals surface area contributed by atoms with Crippen molar-refractivity contribution < 1.29 is 4.74 Å². The summed E-state index contributed by atoms with van der Waals surface area (Å²) in [5.74, 6) is 0.781. The van der Waals surface area contributed by atoms with Gasteiger partial charge in [0.1, 0.15) is 16.4 Å². The van der Waals surface area contributed by atoms with Crippen molar-refractivity contribution >= 4 is 15.9 Å². The second-order valence-electron chi connectivity index (χ2n) is 6.01. The van der Waals surface area contributed by atoms with Gasteiger partial charge in [-0.05, 0) is 34.2 Å². The van der Waals surface area contributed by atoms with E-state index in [0.29, 0.717) is 16.9 Å². The molecule has 0 saturated carbocycles. The number of nitrogens with one attached hydrogen (secondary N) is 1. The van der Waals surface area contributed by atoms with E-state index in [1.807, 2.05) is 20.8 Å². The zero-order chi connectivity index (χ0) is 14.8. The van der Waals surface area contributed by atoms with Crippen LogP contribution in [0.4, 0.5) is 0 Å². The molecule has 0 amide bonds. The van der Waals surface area contributed by atoms with Gasteiger partial charge in [-0.1, -0.05) is 34.6 Å². The van der Waals surface area contributed by atoms with Crippen LogP contribution >= 0.6 is 15.9 Å². The zero-order valence-corrected chi connectivity index (χ0v) is 14.1. The van der Waals surface area contributed by atoms with Crippen molar-refractivity contribution in [3.05, 3.63) is 26.3 Å². The average Bonchev–Trinajstić information content (AvgIpc) is 2.27. The van der Waals surface area contributed by atoms with E-state index >= 15 is 0 Å². The standard InChI is InChI=1S/C14H23BrN2O2/c1-7-19-11(14(4,5)6)12-16-10(8(2)3)9(15)13(18)17-12/h8,11H,7H2,1-6H3,(H,16,17,18). The average molecular weight is 331 g/mol. The lowest BCUT2D eigenvalue weighted by Crippen LogP contribution is -2.27. The zero-order valence-electron chi connectivity index (χ0n) is 12.5. The predicted octanol–water partition coefficient (Wildman–Crippen LogP) is 3.78. The Labute approximate surface area is 123 Å². The lowest BCUT2D eigenvalue weighted by molar-refractivity contribution is -0.0194. The van der Waals surface area contributed by atoms with Crippen LogP contribution in [0.15, 0.2) is 9.27 Å². The van der Waals surface area contributed by atoms with Crippen LogP contribution < -0.4 is 5.56 Å². The number of rotatable bonds is 4. The Morgan fingerprint density at radius 1 is 1.37 bits per heavy atom. The van der Waals surface area contributed by atoms with E-state index in [0.717, 1.165) is 5.69 Å². The molecule has 1 unspecified atom stereocenters. The summed E-state index contributed by atoms with van der Waals surface area (Å²) in [5, 5.41) is 0. The topological polar surface area (TPSA) is 55.0 Å². The fourth-order valence-corrected chi connectivity index (χ4v) is 2.55. The quantitative estimate of drug-likeness (QED) is 0.913. The third-order valence-corrected chi connectivity index (χ3v) is 3.59. The summed E-state index contributed by atoms with van der Waals surface area (Å²) in [6.07, 6.45) is -0.226. The van der Waals surface area contributed by atoms with Crippen LogP contribution in [0, 0.1) is 5.41 Å². The molecule has 0 aliphatic carbocycles. The molecule has 0 aromatic carbocycles. The van der Waals surface area contributed by atoms with Gasteiger partial charge in [0.15, 0.2) is 0 Å². The number of H-pyrrole nitrogens is 1. The molecule has 1 rings (SSSR count). The highest BCUT2D eigenvalue weighted by atomic mass is 79.9. The minimum atomic E-state index is -0.226. The van der Waals surface area contributed by atoms with E-state index in [1.165, 1.54) is 0 Å². The first-order chi connectivity index (χ1) is 8.68. The molecule has 4 nitrogen and oxygen atoms in total. The molecule has 0 spiro atoms. The molecule has 19 heavy (non-hydrogen) atoms. The van der Waals surface area contributed by atoms with Crippen LogP contribution in [0.25, 0.3) is 0 Å². The monoisotopic (exact) mass is 330 g/mol. The molecular formula is C14H23BrN2O2. The first-order valence-electron chi connectivity index (χ1n) is 6.59. The van der Waals surface area contributed by atoms with Crippen LogP contribution in [-0.4, -0.2) is 16.6 Å². The first kappa shape index (κ1) is 16.4. The van der Waals surface area contributed by atoms with Crippen LogP contribution in [0.5, 0.6) is 0 Å². The van der Waals surface area contributed by atoms with E-state index < -0.39 is 0 Å². The third-order valence-electron chi connectivity index (χ3n) is 2.82. The van der Waals surface area contributed by atoms with Crippen molar-refractivity contribution in [3.8, 4) is 0 Å². The molecule has 1 atom stereocenters. The lowest BCUT2D eigenvalue weighted by atomic mass is 9.88. The van der Waals surface area contributed by atoms with Gasteiger partial charge in [-0.3, -0.25) is 4.79 Å². The fraction of sp³-hybridized carbons (Fsp3) is 0.714. The molecule has 0 aliphatic rings. The Bertz CT molecular complexity index is 489. The summed E-state index contributed by atoms with van der Waals surface area (Å²) in [4.78, 5) is 19.4. The molecule has 1 aromatic heterocycles. The smallest absolute Gasteiger partial charge is 0.265 e. The second-order valence-corrected chi connectivity index (χ2v) is 6.80. The van der Waals surface area contributed by atoms with Gasteiger partial charge >= 0.3 is 0 Å². The third kappa shape index (κ3) is 3.89. The summed E-state index contributed by atoms with van der Waals surface area (Å²) in [5.41, 5.74) is 0.490. The van der Waals surface area contributed by atoms with Gasteiger partial charge in [-0.25, -0.2) is 4.98 Å². The Morgan fingerprint density at radius 3 is 2.37 bits per heavy atom. The maximum absolute atomic E-state index is 12.0. The summed E-state index contributed by atoms with van der Waals surface area (Å²) in [6, 6.07) is 0. The summed E-state index contributed by atoms with van der Waals surface area (Å²) < 4.78 is 6.28. The fourth-order valence-electron chi connectivity index (χ4n) is 1.91. The first-order valence-corrected chi connectivity index (χ1v) is 7.39. The molecular weight excluding hydrogens is 308 g/mol. The summed E-state index contributed by atoms with van der Waals surface area (Å²) in [7, 11) is 0. The number of hydrogen-bond donors (Lipinski definition) is 1. The Balaban J connectivity index is 3.36. The van der Waals surface area contributed by atoms with Gasteiger partial charge < -0.3 is 9.72 Å². The largest absolute Gasteiger partial charge is 0.370 e. The number of halogens is 1. The van der Waals surface area contributed by atoms with Crippen molar-refractivity contribution in [2.45, 2.75) is 53.6 Å². The normalized spacial score (nSPS) is 13.9. The molecule has 108 valence electrons. The predicted molar refractivity (Wildman–Crippen MR) is 80.5 cm³/mol. The van der Waals surface area contributed by atoms with E-state index in [9.17, 15) is 4.79 Å². The van der Waals surface area contributed by atoms with Gasteiger partial charge in [0.25, 0.3) is 5.56 Å². The summed E-state index contributed by atoms with van der Waals surface area (Å²) in [6.45, 7) is 12.8. The molecule has 1 N–H and O–H groups in total. The van der Waals surface area contributed by atoms with Crippen LogP contribution in [-0.2, 0) is 4.74 Å². The number of aromatic amines is 1. The molecule has 0 radical (unpaired) electrons. The molecule has 1 aromatic rings. The van der Waals surface area contributed by atoms with Crippen molar-refractivity contribution in [1.82, 2.24) is 9.97 Å². The SMILES string of the molecule is CCOC(c1nc(C(C)C)c(Br)c(=O)[nH]1)C(C)(C)C. The van der Waals surface area contributed by atoms with Gasteiger partial charge in [0.05, 0.1) is 5.69 Å².